The van der Waals surface area contributed by atoms with E-state index in [9.17, 15) is 4.79 Å². The number of aryl methyl sites for hydroxylation is 1. The molecule has 5 heteroatoms. The van der Waals surface area contributed by atoms with Crippen LogP contribution in [-0.4, -0.2) is 27.1 Å². The second-order valence-corrected chi connectivity index (χ2v) is 4.83. The summed E-state index contributed by atoms with van der Waals surface area (Å²) in [6, 6.07) is 2.17. The second kappa shape index (κ2) is 5.80. The lowest BCUT2D eigenvalue weighted by Gasteiger charge is -2.13. The SMILES string of the molecule is CCCc1cc(N[C@H]2CC[C@@H](C(=O)O)C2)ncn1. The van der Waals surface area contributed by atoms with Gasteiger partial charge in [-0.15, -0.1) is 0 Å². The normalized spacial score (nSPS) is 22.9. The summed E-state index contributed by atoms with van der Waals surface area (Å²) in [6.07, 6.45) is 5.89. The highest BCUT2D eigenvalue weighted by Gasteiger charge is 2.29. The number of hydrogen-bond donors (Lipinski definition) is 2. The molecular formula is C13H19N3O2. The van der Waals surface area contributed by atoms with Crippen LogP contribution in [0.5, 0.6) is 0 Å². The van der Waals surface area contributed by atoms with Crippen LogP contribution < -0.4 is 5.32 Å². The molecule has 1 saturated carbocycles. The standard InChI is InChI=1S/C13H19N3O2/c1-2-3-10-7-12(15-8-14-10)16-11-5-4-9(6-11)13(17)18/h7-9,11H,2-6H2,1H3,(H,17,18)(H,14,15,16)/t9-,11+/m1/s1. The molecule has 2 atom stereocenters. The van der Waals surface area contributed by atoms with E-state index in [1.807, 2.05) is 6.07 Å². The molecule has 0 saturated heterocycles. The van der Waals surface area contributed by atoms with E-state index in [1.165, 1.54) is 0 Å². The minimum absolute atomic E-state index is 0.209. The van der Waals surface area contributed by atoms with E-state index in [2.05, 4.69) is 22.2 Å². The number of carboxylic acids is 1. The van der Waals surface area contributed by atoms with Crippen LogP contribution in [0.1, 0.15) is 38.3 Å². The van der Waals surface area contributed by atoms with Crippen LogP contribution in [0.4, 0.5) is 5.82 Å². The van der Waals surface area contributed by atoms with Crippen molar-refractivity contribution in [3.05, 3.63) is 18.1 Å². The molecular weight excluding hydrogens is 230 g/mol. The fraction of sp³-hybridized carbons (Fsp3) is 0.615. The van der Waals surface area contributed by atoms with E-state index in [1.54, 1.807) is 6.33 Å². The molecule has 98 valence electrons. The molecule has 0 aromatic carbocycles. The second-order valence-electron chi connectivity index (χ2n) is 4.83. The van der Waals surface area contributed by atoms with Gasteiger partial charge in [-0.05, 0) is 25.7 Å². The predicted molar refractivity (Wildman–Crippen MR) is 68.4 cm³/mol. The monoisotopic (exact) mass is 249 g/mol. The van der Waals surface area contributed by atoms with Crippen LogP contribution in [0.3, 0.4) is 0 Å². The first-order valence-electron chi connectivity index (χ1n) is 6.49. The van der Waals surface area contributed by atoms with Crippen molar-refractivity contribution in [3.63, 3.8) is 0 Å². The minimum atomic E-state index is -0.686. The molecule has 0 unspecified atom stereocenters. The molecule has 0 amide bonds. The van der Waals surface area contributed by atoms with E-state index in [0.717, 1.165) is 37.2 Å². The molecule has 2 rings (SSSR count). The zero-order chi connectivity index (χ0) is 13.0. The molecule has 1 aromatic heterocycles. The van der Waals surface area contributed by atoms with Crippen molar-refractivity contribution in [2.45, 2.75) is 45.1 Å². The van der Waals surface area contributed by atoms with Gasteiger partial charge in [-0.1, -0.05) is 13.3 Å². The first-order valence-corrected chi connectivity index (χ1v) is 6.49. The maximum Gasteiger partial charge on any atom is 0.306 e. The Hall–Kier alpha value is -1.65. The van der Waals surface area contributed by atoms with Crippen LogP contribution in [0.25, 0.3) is 0 Å². The third-order valence-corrected chi connectivity index (χ3v) is 3.36. The maximum atomic E-state index is 10.9. The van der Waals surface area contributed by atoms with E-state index in [4.69, 9.17) is 5.11 Å². The van der Waals surface area contributed by atoms with Crippen molar-refractivity contribution in [1.82, 2.24) is 9.97 Å². The smallest absolute Gasteiger partial charge is 0.306 e. The zero-order valence-electron chi connectivity index (χ0n) is 10.6. The fourth-order valence-corrected chi connectivity index (χ4v) is 2.42. The van der Waals surface area contributed by atoms with Crippen LogP contribution in [0, 0.1) is 5.92 Å². The molecule has 0 radical (unpaired) electrons. The van der Waals surface area contributed by atoms with Gasteiger partial charge in [-0.2, -0.15) is 0 Å². The van der Waals surface area contributed by atoms with Crippen molar-refractivity contribution < 1.29 is 9.90 Å². The quantitative estimate of drug-likeness (QED) is 0.835. The number of carboxylic acid groups (broad SMARTS) is 1. The highest BCUT2D eigenvalue weighted by molar-refractivity contribution is 5.70. The molecule has 1 heterocycles. The lowest BCUT2D eigenvalue weighted by atomic mass is 10.1. The van der Waals surface area contributed by atoms with Crippen LogP contribution in [0.15, 0.2) is 12.4 Å². The van der Waals surface area contributed by atoms with E-state index >= 15 is 0 Å². The number of aliphatic carboxylic acids is 1. The number of nitrogens with zero attached hydrogens (tertiary/aromatic N) is 2. The largest absolute Gasteiger partial charge is 0.481 e. The lowest BCUT2D eigenvalue weighted by molar-refractivity contribution is -0.141. The summed E-state index contributed by atoms with van der Waals surface area (Å²) < 4.78 is 0. The molecule has 1 aromatic rings. The Morgan fingerprint density at radius 3 is 3.00 bits per heavy atom. The van der Waals surface area contributed by atoms with Crippen molar-refractivity contribution in [2.24, 2.45) is 5.92 Å². The van der Waals surface area contributed by atoms with Crippen LogP contribution in [0.2, 0.25) is 0 Å². The van der Waals surface area contributed by atoms with Gasteiger partial charge in [0, 0.05) is 17.8 Å². The number of nitrogens with one attached hydrogen (secondary N) is 1. The van der Waals surface area contributed by atoms with Crippen molar-refractivity contribution >= 4 is 11.8 Å². The molecule has 0 spiro atoms. The van der Waals surface area contributed by atoms with Crippen LogP contribution in [-0.2, 0) is 11.2 Å². The molecule has 0 aliphatic heterocycles. The van der Waals surface area contributed by atoms with Gasteiger partial charge in [-0.25, -0.2) is 9.97 Å². The van der Waals surface area contributed by atoms with Crippen LogP contribution >= 0.6 is 0 Å². The Labute approximate surface area is 107 Å². The van der Waals surface area contributed by atoms with Gasteiger partial charge in [0.05, 0.1) is 5.92 Å². The summed E-state index contributed by atoms with van der Waals surface area (Å²) in [6.45, 7) is 2.11. The molecule has 18 heavy (non-hydrogen) atoms. The third kappa shape index (κ3) is 3.18. The number of anilines is 1. The Balaban J connectivity index is 1.94. The first-order chi connectivity index (χ1) is 8.69. The van der Waals surface area contributed by atoms with Gasteiger partial charge >= 0.3 is 5.97 Å². The van der Waals surface area contributed by atoms with E-state index in [0.29, 0.717) is 6.42 Å². The molecule has 1 fully saturated rings. The number of carbonyl (C=O) groups is 1. The average Bonchev–Trinajstić information content (AvgIpc) is 2.78. The molecule has 0 bridgehead atoms. The van der Waals surface area contributed by atoms with Crippen molar-refractivity contribution in [1.29, 1.82) is 0 Å². The van der Waals surface area contributed by atoms with Gasteiger partial charge < -0.3 is 10.4 Å². The van der Waals surface area contributed by atoms with Crippen molar-refractivity contribution in [2.75, 3.05) is 5.32 Å². The molecule has 2 N–H and O–H groups in total. The van der Waals surface area contributed by atoms with E-state index in [-0.39, 0.29) is 12.0 Å². The zero-order valence-corrected chi connectivity index (χ0v) is 10.6. The lowest BCUT2D eigenvalue weighted by Crippen LogP contribution is -2.18. The Bertz CT molecular complexity index is 422. The van der Waals surface area contributed by atoms with Gasteiger partial charge in [0.15, 0.2) is 0 Å². The Kier molecular flexibility index (Phi) is 4.12. The summed E-state index contributed by atoms with van der Waals surface area (Å²) in [5.74, 6) is -0.0856. The Morgan fingerprint density at radius 2 is 2.33 bits per heavy atom. The Morgan fingerprint density at radius 1 is 1.50 bits per heavy atom. The average molecular weight is 249 g/mol. The van der Waals surface area contributed by atoms with Crippen molar-refractivity contribution in [3.8, 4) is 0 Å². The topological polar surface area (TPSA) is 75.1 Å². The maximum absolute atomic E-state index is 10.9. The minimum Gasteiger partial charge on any atom is -0.481 e. The summed E-state index contributed by atoms with van der Waals surface area (Å²) in [7, 11) is 0. The predicted octanol–water partition coefficient (Wildman–Crippen LogP) is 2.09. The number of hydrogen-bond acceptors (Lipinski definition) is 4. The highest BCUT2D eigenvalue weighted by atomic mass is 16.4. The summed E-state index contributed by atoms with van der Waals surface area (Å²) in [5.41, 5.74) is 1.03. The summed E-state index contributed by atoms with van der Waals surface area (Å²) >= 11 is 0. The van der Waals surface area contributed by atoms with E-state index < -0.39 is 5.97 Å². The number of aromatic nitrogens is 2. The summed E-state index contributed by atoms with van der Waals surface area (Å²) in [4.78, 5) is 19.3. The number of rotatable bonds is 5. The molecule has 5 nitrogen and oxygen atoms in total. The first kappa shape index (κ1) is 12.8. The molecule has 1 aliphatic carbocycles. The highest BCUT2D eigenvalue weighted by Crippen LogP contribution is 2.27. The third-order valence-electron chi connectivity index (χ3n) is 3.36. The summed E-state index contributed by atoms with van der Waals surface area (Å²) in [5, 5.41) is 12.3. The molecule has 1 aliphatic rings. The van der Waals surface area contributed by atoms with Gasteiger partial charge in [0.1, 0.15) is 12.1 Å². The van der Waals surface area contributed by atoms with Gasteiger partial charge in [-0.3, -0.25) is 4.79 Å². The van der Waals surface area contributed by atoms with Gasteiger partial charge in [0.25, 0.3) is 0 Å². The van der Waals surface area contributed by atoms with Gasteiger partial charge in [0.2, 0.25) is 0 Å². The fourth-order valence-electron chi connectivity index (χ4n) is 2.42.